The Bertz CT molecular complexity index is 1640. The van der Waals surface area contributed by atoms with E-state index in [0.717, 1.165) is 29.9 Å². The summed E-state index contributed by atoms with van der Waals surface area (Å²) >= 11 is 1.58. The summed E-state index contributed by atoms with van der Waals surface area (Å²) in [7, 11) is 3.29. The molecule has 13 heteroatoms. The van der Waals surface area contributed by atoms with E-state index in [1.165, 1.54) is 5.56 Å². The molecular weight excluding hydrogens is 596 g/mol. The summed E-state index contributed by atoms with van der Waals surface area (Å²) in [5, 5.41) is 29.5. The molecule has 2 aromatic heterocycles. The predicted molar refractivity (Wildman–Crippen MR) is 169 cm³/mol. The maximum Gasteiger partial charge on any atom is 0.329 e. The van der Waals surface area contributed by atoms with Crippen molar-refractivity contribution in [2.24, 2.45) is 0 Å². The van der Waals surface area contributed by atoms with Crippen molar-refractivity contribution < 1.29 is 29.2 Å². The van der Waals surface area contributed by atoms with Gasteiger partial charge in [0.1, 0.15) is 18.1 Å². The largest absolute Gasteiger partial charge is 0.497 e. The quantitative estimate of drug-likeness (QED) is 0.149. The number of aromatic nitrogens is 5. The molecule has 6 rings (SSSR count). The molecule has 2 saturated carbocycles. The van der Waals surface area contributed by atoms with Crippen LogP contribution in [0.4, 0.5) is 5.82 Å². The Morgan fingerprint density at radius 3 is 2.64 bits per heavy atom. The van der Waals surface area contributed by atoms with Crippen molar-refractivity contribution in [1.29, 1.82) is 0 Å². The number of nitrogens with zero attached hydrogens (tertiary/aromatic N) is 6. The third-order valence-corrected chi connectivity index (χ3v) is 9.48. The number of aliphatic carboxylic acids is 1. The maximum atomic E-state index is 11.1. The minimum atomic E-state index is -1.07. The van der Waals surface area contributed by atoms with E-state index < -0.39 is 24.8 Å². The summed E-state index contributed by atoms with van der Waals surface area (Å²) in [4.78, 5) is 23.4. The summed E-state index contributed by atoms with van der Waals surface area (Å²) in [5.74, 6) is 2.23. The number of anilines is 1. The van der Waals surface area contributed by atoms with Crippen LogP contribution >= 0.6 is 11.8 Å². The molecule has 2 aliphatic carbocycles. The second kappa shape index (κ2) is 13.6. The van der Waals surface area contributed by atoms with E-state index in [4.69, 9.17) is 29.3 Å². The molecule has 2 aliphatic rings. The molecule has 5 atom stereocenters. The molecule has 2 unspecified atom stereocenters. The van der Waals surface area contributed by atoms with Crippen molar-refractivity contribution in [3.05, 3.63) is 59.7 Å². The van der Waals surface area contributed by atoms with Crippen LogP contribution in [0.5, 0.6) is 11.5 Å². The molecule has 0 bridgehead atoms. The molecule has 0 amide bonds. The van der Waals surface area contributed by atoms with Gasteiger partial charge in [-0.25, -0.2) is 19.4 Å². The van der Waals surface area contributed by atoms with Gasteiger partial charge in [-0.3, -0.25) is 0 Å². The first-order valence-corrected chi connectivity index (χ1v) is 16.2. The summed E-state index contributed by atoms with van der Waals surface area (Å²) in [6.45, 7) is 2.17. The van der Waals surface area contributed by atoms with Gasteiger partial charge in [0.05, 0.1) is 32.5 Å². The van der Waals surface area contributed by atoms with Crippen LogP contribution in [0.15, 0.2) is 53.7 Å². The van der Waals surface area contributed by atoms with Gasteiger partial charge in [0.25, 0.3) is 0 Å². The van der Waals surface area contributed by atoms with Gasteiger partial charge in [-0.05, 0) is 43.4 Å². The zero-order chi connectivity index (χ0) is 31.5. The number of hydrogen-bond donors (Lipinski definition) is 2. The minimum Gasteiger partial charge on any atom is -0.497 e. The molecule has 0 saturated heterocycles. The molecule has 0 radical (unpaired) electrons. The first-order valence-electron chi connectivity index (χ1n) is 15.2. The van der Waals surface area contributed by atoms with Gasteiger partial charge in [0.15, 0.2) is 22.1 Å². The van der Waals surface area contributed by atoms with Crippen LogP contribution in [-0.2, 0) is 16.1 Å². The molecule has 12 nitrogen and oxygen atoms in total. The number of rotatable bonds is 14. The third-order valence-electron chi connectivity index (χ3n) is 8.43. The third kappa shape index (κ3) is 6.70. The van der Waals surface area contributed by atoms with E-state index in [1.807, 2.05) is 24.3 Å². The van der Waals surface area contributed by atoms with Gasteiger partial charge >= 0.3 is 5.97 Å². The lowest BCUT2D eigenvalue weighted by Gasteiger charge is -2.26. The number of benzene rings is 2. The number of carboxylic acid groups (broad SMARTS) is 1. The minimum absolute atomic E-state index is 0.161. The Morgan fingerprint density at radius 2 is 1.91 bits per heavy atom. The summed E-state index contributed by atoms with van der Waals surface area (Å²) in [5.41, 5.74) is 3.41. The molecular formula is C32H38N6O6S. The van der Waals surface area contributed by atoms with Gasteiger partial charge in [0, 0.05) is 35.9 Å². The Balaban J connectivity index is 1.41. The van der Waals surface area contributed by atoms with E-state index in [0.29, 0.717) is 53.2 Å². The summed E-state index contributed by atoms with van der Waals surface area (Å²) < 4.78 is 18.5. The Kier molecular flexibility index (Phi) is 9.38. The SMILES string of the molecule is CCCSc1nc(N(Cc2ccc(OC)cc2OC)C2CC2c2ccccc2)c2nnn([C@@H]3C[C@H](OCC(=O)O)[C@@H](O)C3)c2n1. The zero-order valence-corrected chi connectivity index (χ0v) is 26.4. The average molecular weight is 635 g/mol. The highest BCUT2D eigenvalue weighted by Gasteiger charge is 2.45. The van der Waals surface area contributed by atoms with Crippen molar-refractivity contribution in [2.75, 3.05) is 31.5 Å². The van der Waals surface area contributed by atoms with Crippen molar-refractivity contribution >= 4 is 34.7 Å². The highest BCUT2D eigenvalue weighted by molar-refractivity contribution is 7.99. The predicted octanol–water partition coefficient (Wildman–Crippen LogP) is 4.47. The van der Waals surface area contributed by atoms with Crippen LogP contribution in [0.2, 0.25) is 0 Å². The van der Waals surface area contributed by atoms with E-state index in [2.05, 4.69) is 46.4 Å². The number of ether oxygens (including phenoxy) is 3. The molecule has 45 heavy (non-hydrogen) atoms. The van der Waals surface area contributed by atoms with Gasteiger partial charge in [0.2, 0.25) is 0 Å². The molecule has 2 heterocycles. The van der Waals surface area contributed by atoms with E-state index in [-0.39, 0.29) is 12.1 Å². The van der Waals surface area contributed by atoms with E-state index in [1.54, 1.807) is 30.7 Å². The lowest BCUT2D eigenvalue weighted by Crippen LogP contribution is -2.28. The molecule has 4 aromatic rings. The van der Waals surface area contributed by atoms with Crippen LogP contribution in [0.25, 0.3) is 11.2 Å². The number of carbonyl (C=O) groups is 1. The summed E-state index contributed by atoms with van der Waals surface area (Å²) in [6, 6.07) is 16.2. The fourth-order valence-electron chi connectivity index (χ4n) is 6.11. The van der Waals surface area contributed by atoms with Gasteiger partial charge in [-0.15, -0.1) is 5.10 Å². The van der Waals surface area contributed by atoms with Crippen LogP contribution in [0, 0.1) is 0 Å². The van der Waals surface area contributed by atoms with Crippen LogP contribution < -0.4 is 14.4 Å². The molecule has 2 aromatic carbocycles. The normalized spacial score (nSPS) is 22.4. The van der Waals surface area contributed by atoms with Crippen molar-refractivity contribution in [1.82, 2.24) is 25.0 Å². The highest BCUT2D eigenvalue weighted by atomic mass is 32.2. The number of aliphatic hydroxyl groups is 1. The average Bonchev–Trinajstić information content (AvgIpc) is 3.60. The van der Waals surface area contributed by atoms with Gasteiger partial charge in [-0.1, -0.05) is 54.2 Å². The van der Waals surface area contributed by atoms with Crippen LogP contribution in [-0.4, -0.2) is 86.0 Å². The Hall–Kier alpha value is -3.94. The number of fused-ring (bicyclic) bond motifs is 1. The lowest BCUT2D eigenvalue weighted by atomic mass is 10.1. The smallest absolute Gasteiger partial charge is 0.329 e. The van der Waals surface area contributed by atoms with Crippen molar-refractivity contribution in [3.8, 4) is 11.5 Å². The molecule has 2 fully saturated rings. The lowest BCUT2D eigenvalue weighted by molar-refractivity contribution is -0.146. The standard InChI is InChI=1S/C32H38N6O6S/c1-4-12-45-32-33-30(29-31(34-32)38(36-35-29)21-13-25(39)27(14-21)44-18-28(40)41)37(24-16-23(24)19-8-6-5-7-9-19)17-20-10-11-22(42-2)15-26(20)43-3/h5-11,15,21,23-25,27,39H,4,12-14,16-18H2,1-3H3,(H,40,41)/t21-,23?,24?,25-,27-/m0/s1. The topological polar surface area (TPSA) is 145 Å². The molecule has 0 spiro atoms. The fourth-order valence-corrected chi connectivity index (χ4v) is 6.80. The first kappa shape index (κ1) is 31.1. The number of thioether (sulfide) groups is 1. The number of aliphatic hydroxyl groups excluding tert-OH is 1. The number of carboxylic acids is 1. The Morgan fingerprint density at radius 1 is 1.09 bits per heavy atom. The van der Waals surface area contributed by atoms with Crippen LogP contribution in [0.1, 0.15) is 55.7 Å². The fraction of sp³-hybridized carbons (Fsp3) is 0.469. The number of hydrogen-bond acceptors (Lipinski definition) is 11. The van der Waals surface area contributed by atoms with Gasteiger partial charge < -0.3 is 29.3 Å². The second-order valence-corrected chi connectivity index (χ2v) is 12.5. The Labute approximate surface area is 265 Å². The highest BCUT2D eigenvalue weighted by Crippen LogP contribution is 2.48. The zero-order valence-electron chi connectivity index (χ0n) is 25.6. The van der Waals surface area contributed by atoms with Crippen molar-refractivity contribution in [3.63, 3.8) is 0 Å². The molecule has 2 N–H and O–H groups in total. The molecule has 238 valence electrons. The van der Waals surface area contributed by atoms with Crippen molar-refractivity contribution in [2.45, 2.75) is 74.5 Å². The van der Waals surface area contributed by atoms with E-state index in [9.17, 15) is 9.90 Å². The molecule has 0 aliphatic heterocycles. The maximum absolute atomic E-state index is 11.1. The number of methoxy groups -OCH3 is 2. The van der Waals surface area contributed by atoms with Crippen LogP contribution in [0.3, 0.4) is 0 Å². The first-order chi connectivity index (χ1) is 21.9. The summed E-state index contributed by atoms with van der Waals surface area (Å²) in [6.07, 6.45) is 1.23. The second-order valence-electron chi connectivity index (χ2n) is 11.4. The van der Waals surface area contributed by atoms with Gasteiger partial charge in [-0.2, -0.15) is 0 Å². The van der Waals surface area contributed by atoms with E-state index >= 15 is 0 Å². The monoisotopic (exact) mass is 634 g/mol.